The molecule has 1 unspecified atom stereocenters. The summed E-state index contributed by atoms with van der Waals surface area (Å²) >= 11 is 0. The van der Waals surface area contributed by atoms with Gasteiger partial charge in [-0.2, -0.15) is 5.10 Å². The van der Waals surface area contributed by atoms with Gasteiger partial charge in [-0.05, 0) is 38.8 Å². The summed E-state index contributed by atoms with van der Waals surface area (Å²) in [4.78, 5) is 24.2. The number of hydrogen-bond acceptors (Lipinski definition) is 6. The molecule has 1 amide bonds. The van der Waals surface area contributed by atoms with Gasteiger partial charge in [-0.15, -0.1) is 0 Å². The van der Waals surface area contributed by atoms with Crippen LogP contribution in [0.4, 0.5) is 0 Å². The molecule has 3 aromatic rings. The Labute approximate surface area is 154 Å². The van der Waals surface area contributed by atoms with Gasteiger partial charge in [0, 0.05) is 31.0 Å². The second-order valence-electron chi connectivity index (χ2n) is 6.84. The van der Waals surface area contributed by atoms with Crippen molar-refractivity contribution in [2.24, 2.45) is 0 Å². The molecule has 27 heavy (non-hydrogen) atoms. The minimum atomic E-state index is -0.251. The van der Waals surface area contributed by atoms with E-state index in [1.54, 1.807) is 16.7 Å². The highest BCUT2D eigenvalue weighted by Gasteiger charge is 2.22. The van der Waals surface area contributed by atoms with Crippen LogP contribution in [0, 0.1) is 13.8 Å². The highest BCUT2D eigenvalue weighted by Crippen LogP contribution is 2.19. The lowest BCUT2D eigenvalue weighted by Gasteiger charge is -2.14. The quantitative estimate of drug-likeness (QED) is 0.717. The summed E-state index contributed by atoms with van der Waals surface area (Å²) in [7, 11) is 0. The SMILES string of the molecule is Cc1noc(C)c1Cc1ccc(C(=O)NC2CCc3n[nH]c(=O)n3CC2)o1. The Morgan fingerprint density at radius 1 is 1.37 bits per heavy atom. The van der Waals surface area contributed by atoms with Crippen LogP contribution < -0.4 is 11.0 Å². The fraction of sp³-hybridized carbons (Fsp3) is 0.444. The number of aromatic amines is 1. The predicted octanol–water partition coefficient (Wildman–Crippen LogP) is 1.49. The van der Waals surface area contributed by atoms with Crippen molar-refractivity contribution in [3.8, 4) is 0 Å². The van der Waals surface area contributed by atoms with Crippen LogP contribution in [0.5, 0.6) is 0 Å². The first kappa shape index (κ1) is 17.3. The Kier molecular flexibility index (Phi) is 4.43. The molecule has 9 nitrogen and oxygen atoms in total. The van der Waals surface area contributed by atoms with E-state index in [2.05, 4.69) is 20.7 Å². The third-order valence-electron chi connectivity index (χ3n) is 5.01. The number of hydrogen-bond donors (Lipinski definition) is 2. The molecule has 0 bridgehead atoms. The fourth-order valence-electron chi connectivity index (χ4n) is 3.43. The lowest BCUT2D eigenvalue weighted by Crippen LogP contribution is -2.35. The molecule has 0 fully saturated rings. The standard InChI is InChI=1S/C18H21N5O4/c1-10-14(11(2)27-22-10)9-13-4-5-15(26-13)17(24)19-12-3-6-16-20-21-18(25)23(16)8-7-12/h4-5,12H,3,6-9H2,1-2H3,(H,19,24)(H,21,25). The summed E-state index contributed by atoms with van der Waals surface area (Å²) in [6.45, 7) is 4.27. The average molecular weight is 371 g/mol. The summed E-state index contributed by atoms with van der Waals surface area (Å²) in [5.74, 6) is 2.19. The van der Waals surface area contributed by atoms with Gasteiger partial charge in [0.15, 0.2) is 5.76 Å². The van der Waals surface area contributed by atoms with Crippen LogP contribution in [-0.4, -0.2) is 31.9 Å². The monoisotopic (exact) mass is 371 g/mol. The molecule has 1 atom stereocenters. The van der Waals surface area contributed by atoms with Crippen molar-refractivity contribution in [2.75, 3.05) is 0 Å². The number of furan rings is 1. The fourth-order valence-corrected chi connectivity index (χ4v) is 3.43. The van der Waals surface area contributed by atoms with Gasteiger partial charge in [0.05, 0.1) is 5.69 Å². The number of aryl methyl sites for hydroxylation is 3. The first-order valence-electron chi connectivity index (χ1n) is 8.96. The normalized spacial score (nSPS) is 16.7. The second kappa shape index (κ2) is 6.90. The highest BCUT2D eigenvalue weighted by molar-refractivity contribution is 5.91. The molecule has 4 heterocycles. The molecule has 0 spiro atoms. The topological polar surface area (TPSA) is 119 Å². The van der Waals surface area contributed by atoms with Crippen molar-refractivity contribution in [1.29, 1.82) is 0 Å². The van der Waals surface area contributed by atoms with Crippen molar-refractivity contribution in [3.63, 3.8) is 0 Å². The molecular weight excluding hydrogens is 350 g/mol. The second-order valence-corrected chi connectivity index (χ2v) is 6.84. The number of nitrogens with zero attached hydrogens (tertiary/aromatic N) is 3. The van der Waals surface area contributed by atoms with Crippen LogP contribution in [0.3, 0.4) is 0 Å². The van der Waals surface area contributed by atoms with E-state index in [0.29, 0.717) is 31.6 Å². The molecule has 3 aromatic heterocycles. The number of fused-ring (bicyclic) bond motifs is 1. The molecule has 1 aliphatic rings. The van der Waals surface area contributed by atoms with Gasteiger partial charge >= 0.3 is 5.69 Å². The van der Waals surface area contributed by atoms with Crippen molar-refractivity contribution in [2.45, 2.75) is 52.1 Å². The van der Waals surface area contributed by atoms with Crippen LogP contribution >= 0.6 is 0 Å². The number of carbonyl (C=O) groups excluding carboxylic acids is 1. The Morgan fingerprint density at radius 2 is 2.22 bits per heavy atom. The zero-order valence-corrected chi connectivity index (χ0v) is 15.2. The third-order valence-corrected chi connectivity index (χ3v) is 5.01. The first-order chi connectivity index (χ1) is 13.0. The lowest BCUT2D eigenvalue weighted by atomic mass is 10.1. The van der Waals surface area contributed by atoms with E-state index in [1.807, 2.05) is 13.8 Å². The highest BCUT2D eigenvalue weighted by atomic mass is 16.5. The Balaban J connectivity index is 1.39. The number of aromatic nitrogens is 4. The Bertz CT molecular complexity index is 1010. The molecule has 1 aliphatic heterocycles. The summed E-state index contributed by atoms with van der Waals surface area (Å²) in [5, 5.41) is 13.4. The zero-order chi connectivity index (χ0) is 19.0. The van der Waals surface area contributed by atoms with Gasteiger partial charge in [0.2, 0.25) is 0 Å². The van der Waals surface area contributed by atoms with E-state index in [9.17, 15) is 9.59 Å². The molecule has 2 N–H and O–H groups in total. The van der Waals surface area contributed by atoms with E-state index >= 15 is 0 Å². The van der Waals surface area contributed by atoms with Gasteiger partial charge in [0.25, 0.3) is 5.91 Å². The summed E-state index contributed by atoms with van der Waals surface area (Å²) in [6.07, 6.45) is 2.56. The number of nitrogens with one attached hydrogen (secondary N) is 2. The van der Waals surface area contributed by atoms with Gasteiger partial charge in [-0.25, -0.2) is 9.89 Å². The number of carbonyl (C=O) groups is 1. The molecule has 142 valence electrons. The van der Waals surface area contributed by atoms with Gasteiger partial charge < -0.3 is 14.3 Å². The maximum absolute atomic E-state index is 12.5. The zero-order valence-electron chi connectivity index (χ0n) is 15.2. The average Bonchev–Trinajstić information content (AvgIpc) is 3.30. The largest absolute Gasteiger partial charge is 0.456 e. The van der Waals surface area contributed by atoms with Crippen molar-refractivity contribution >= 4 is 5.91 Å². The van der Waals surface area contributed by atoms with Gasteiger partial charge in [0.1, 0.15) is 17.3 Å². The van der Waals surface area contributed by atoms with E-state index in [4.69, 9.17) is 8.94 Å². The molecule has 0 saturated heterocycles. The summed E-state index contributed by atoms with van der Waals surface area (Å²) in [5.41, 5.74) is 1.59. The lowest BCUT2D eigenvalue weighted by molar-refractivity contribution is 0.0903. The Hall–Kier alpha value is -3.10. The summed E-state index contributed by atoms with van der Waals surface area (Å²) in [6, 6.07) is 3.44. The summed E-state index contributed by atoms with van der Waals surface area (Å²) < 4.78 is 12.5. The molecule has 0 aromatic carbocycles. The van der Waals surface area contributed by atoms with E-state index in [-0.39, 0.29) is 23.4 Å². The van der Waals surface area contributed by atoms with Crippen LogP contribution in [0.15, 0.2) is 25.9 Å². The maximum atomic E-state index is 12.5. The van der Waals surface area contributed by atoms with Crippen LogP contribution in [0.25, 0.3) is 0 Å². The maximum Gasteiger partial charge on any atom is 0.343 e. The van der Waals surface area contributed by atoms with Crippen LogP contribution in [0.1, 0.15) is 52.0 Å². The number of rotatable bonds is 4. The smallest absolute Gasteiger partial charge is 0.343 e. The van der Waals surface area contributed by atoms with Crippen molar-refractivity contribution in [1.82, 2.24) is 25.2 Å². The van der Waals surface area contributed by atoms with Crippen LogP contribution in [0.2, 0.25) is 0 Å². The van der Waals surface area contributed by atoms with Gasteiger partial charge in [-0.1, -0.05) is 5.16 Å². The number of amides is 1. The number of H-pyrrole nitrogens is 1. The van der Waals surface area contributed by atoms with E-state index in [1.165, 1.54) is 0 Å². The minimum absolute atomic E-state index is 0.0327. The van der Waals surface area contributed by atoms with Gasteiger partial charge in [-0.3, -0.25) is 9.36 Å². The molecule has 9 heteroatoms. The Morgan fingerprint density at radius 3 is 3.00 bits per heavy atom. The third kappa shape index (κ3) is 3.44. The molecule has 0 aliphatic carbocycles. The van der Waals surface area contributed by atoms with Crippen molar-refractivity contribution < 1.29 is 13.7 Å². The predicted molar refractivity (Wildman–Crippen MR) is 94.5 cm³/mol. The van der Waals surface area contributed by atoms with Crippen molar-refractivity contribution in [3.05, 3.63) is 57.0 Å². The first-order valence-corrected chi connectivity index (χ1v) is 8.96. The molecule has 4 rings (SSSR count). The molecule has 0 radical (unpaired) electrons. The van der Waals surface area contributed by atoms with E-state index in [0.717, 1.165) is 29.3 Å². The molecular formula is C18H21N5O4. The van der Waals surface area contributed by atoms with Crippen LogP contribution in [-0.2, 0) is 19.4 Å². The van der Waals surface area contributed by atoms with E-state index < -0.39 is 0 Å². The minimum Gasteiger partial charge on any atom is -0.456 e. The molecule has 0 saturated carbocycles.